The minimum absolute atomic E-state index is 0.166. The van der Waals surface area contributed by atoms with Gasteiger partial charge in [0.05, 0.1) is 10.5 Å². The summed E-state index contributed by atoms with van der Waals surface area (Å²) in [4.78, 5) is 27.2. The molecular formula is C12H15N3O4. The smallest absolute Gasteiger partial charge is 0.337 e. The molecule has 1 saturated heterocycles. The van der Waals surface area contributed by atoms with Crippen molar-refractivity contribution in [3.8, 4) is 0 Å². The molecule has 1 aromatic rings. The van der Waals surface area contributed by atoms with E-state index in [9.17, 15) is 14.9 Å². The normalized spacial score (nSPS) is 19.2. The van der Waals surface area contributed by atoms with Crippen LogP contribution in [0.5, 0.6) is 0 Å². The molecule has 2 rings (SSSR count). The Morgan fingerprint density at radius 1 is 1.63 bits per heavy atom. The Kier molecular flexibility index (Phi) is 3.64. The van der Waals surface area contributed by atoms with Crippen LogP contribution in [0.4, 0.5) is 11.5 Å². The molecule has 0 aromatic carbocycles. The molecule has 19 heavy (non-hydrogen) atoms. The predicted molar refractivity (Wildman–Crippen MR) is 68.5 cm³/mol. The van der Waals surface area contributed by atoms with E-state index in [4.69, 9.17) is 5.11 Å². The monoisotopic (exact) mass is 265 g/mol. The van der Waals surface area contributed by atoms with E-state index in [-0.39, 0.29) is 17.1 Å². The Labute approximate surface area is 110 Å². The van der Waals surface area contributed by atoms with Crippen LogP contribution in [0.1, 0.15) is 30.1 Å². The van der Waals surface area contributed by atoms with Crippen LogP contribution in [-0.4, -0.2) is 34.1 Å². The summed E-state index contributed by atoms with van der Waals surface area (Å²) in [5.74, 6) is -0.495. The zero-order valence-electron chi connectivity index (χ0n) is 10.6. The van der Waals surface area contributed by atoms with E-state index in [1.165, 1.54) is 6.20 Å². The fourth-order valence-corrected chi connectivity index (χ4v) is 2.32. The van der Waals surface area contributed by atoms with E-state index >= 15 is 0 Å². The largest absolute Gasteiger partial charge is 0.478 e. The molecule has 0 amide bonds. The topological polar surface area (TPSA) is 96.6 Å². The Bertz CT molecular complexity index is 518. The molecular weight excluding hydrogens is 250 g/mol. The summed E-state index contributed by atoms with van der Waals surface area (Å²) in [6.45, 7) is 3.51. The first kappa shape index (κ1) is 13.3. The number of anilines is 1. The highest BCUT2D eigenvalue weighted by Gasteiger charge is 2.26. The maximum Gasteiger partial charge on any atom is 0.337 e. The van der Waals surface area contributed by atoms with Crippen LogP contribution < -0.4 is 4.90 Å². The van der Waals surface area contributed by atoms with Crippen LogP contribution in [0.2, 0.25) is 0 Å². The summed E-state index contributed by atoms with van der Waals surface area (Å²) < 4.78 is 0. The zero-order chi connectivity index (χ0) is 14.0. The molecule has 0 spiro atoms. The third-order valence-electron chi connectivity index (χ3n) is 3.25. The minimum atomic E-state index is -1.21. The van der Waals surface area contributed by atoms with E-state index in [2.05, 4.69) is 11.9 Å². The van der Waals surface area contributed by atoms with Crippen molar-refractivity contribution >= 4 is 17.5 Å². The van der Waals surface area contributed by atoms with Gasteiger partial charge in [0, 0.05) is 25.4 Å². The van der Waals surface area contributed by atoms with Gasteiger partial charge in [-0.05, 0) is 18.8 Å². The number of rotatable bonds is 3. The number of hydrogen-bond donors (Lipinski definition) is 1. The van der Waals surface area contributed by atoms with E-state index in [0.29, 0.717) is 19.0 Å². The second kappa shape index (κ2) is 5.21. The number of carboxylic acids is 1. The first-order chi connectivity index (χ1) is 8.99. The van der Waals surface area contributed by atoms with Crippen LogP contribution >= 0.6 is 0 Å². The van der Waals surface area contributed by atoms with Crippen molar-refractivity contribution in [2.75, 3.05) is 18.0 Å². The lowest BCUT2D eigenvalue weighted by atomic mass is 10.0. The number of nitro groups is 1. The molecule has 1 unspecified atom stereocenters. The first-order valence-corrected chi connectivity index (χ1v) is 6.11. The van der Waals surface area contributed by atoms with Crippen LogP contribution in [0.25, 0.3) is 0 Å². The van der Waals surface area contributed by atoms with Crippen molar-refractivity contribution in [3.05, 3.63) is 27.9 Å². The maximum absolute atomic E-state index is 11.1. The Morgan fingerprint density at radius 2 is 2.37 bits per heavy atom. The van der Waals surface area contributed by atoms with Crippen molar-refractivity contribution in [2.24, 2.45) is 5.92 Å². The van der Waals surface area contributed by atoms with Crippen molar-refractivity contribution in [1.82, 2.24) is 4.98 Å². The van der Waals surface area contributed by atoms with Gasteiger partial charge in [-0.15, -0.1) is 0 Å². The number of aromatic nitrogens is 1. The molecule has 1 atom stereocenters. The molecule has 1 N–H and O–H groups in total. The van der Waals surface area contributed by atoms with Crippen LogP contribution in [0, 0.1) is 16.0 Å². The van der Waals surface area contributed by atoms with Crippen molar-refractivity contribution < 1.29 is 14.8 Å². The number of piperidine rings is 1. The average molecular weight is 265 g/mol. The van der Waals surface area contributed by atoms with Gasteiger partial charge in [-0.25, -0.2) is 9.78 Å². The standard InChI is InChI=1S/C12H15N3O4/c1-8-3-2-4-14(7-8)11-10(15(18)19)5-9(6-13-11)12(16)17/h5-6,8H,2-4,7H2,1H3,(H,16,17). The van der Waals surface area contributed by atoms with Gasteiger partial charge in [0.2, 0.25) is 5.82 Å². The number of aromatic carboxylic acids is 1. The third kappa shape index (κ3) is 2.81. The van der Waals surface area contributed by atoms with E-state index in [0.717, 1.165) is 18.9 Å². The summed E-state index contributed by atoms with van der Waals surface area (Å²) >= 11 is 0. The van der Waals surface area contributed by atoms with Gasteiger partial charge in [-0.2, -0.15) is 0 Å². The second-order valence-electron chi connectivity index (χ2n) is 4.82. The van der Waals surface area contributed by atoms with Gasteiger partial charge in [-0.1, -0.05) is 6.92 Å². The second-order valence-corrected chi connectivity index (χ2v) is 4.82. The number of carboxylic acid groups (broad SMARTS) is 1. The fourth-order valence-electron chi connectivity index (χ4n) is 2.32. The van der Waals surface area contributed by atoms with Gasteiger partial charge in [0.25, 0.3) is 0 Å². The molecule has 1 aromatic heterocycles. The highest BCUT2D eigenvalue weighted by atomic mass is 16.6. The van der Waals surface area contributed by atoms with E-state index in [1.807, 2.05) is 4.90 Å². The molecule has 0 bridgehead atoms. The zero-order valence-corrected chi connectivity index (χ0v) is 10.6. The lowest BCUT2D eigenvalue weighted by Crippen LogP contribution is -2.35. The summed E-state index contributed by atoms with van der Waals surface area (Å²) in [5, 5.41) is 19.9. The van der Waals surface area contributed by atoms with Gasteiger partial charge in [-0.3, -0.25) is 10.1 Å². The predicted octanol–water partition coefficient (Wildman–Crippen LogP) is 1.92. The molecule has 0 radical (unpaired) electrons. The molecule has 2 heterocycles. The molecule has 0 aliphatic carbocycles. The van der Waals surface area contributed by atoms with Gasteiger partial charge >= 0.3 is 11.7 Å². The minimum Gasteiger partial charge on any atom is -0.478 e. The van der Waals surface area contributed by atoms with Gasteiger partial charge in [0.15, 0.2) is 0 Å². The fraction of sp³-hybridized carbons (Fsp3) is 0.500. The molecule has 7 nitrogen and oxygen atoms in total. The van der Waals surface area contributed by atoms with Gasteiger partial charge < -0.3 is 10.0 Å². The number of hydrogen-bond acceptors (Lipinski definition) is 5. The Morgan fingerprint density at radius 3 is 2.95 bits per heavy atom. The number of pyridine rings is 1. The maximum atomic E-state index is 11.1. The van der Waals surface area contributed by atoms with Crippen LogP contribution in [0.15, 0.2) is 12.3 Å². The quantitative estimate of drug-likeness (QED) is 0.662. The summed E-state index contributed by atoms with van der Waals surface area (Å²) in [6.07, 6.45) is 3.22. The number of carbonyl (C=O) groups is 1. The number of nitrogens with zero attached hydrogens (tertiary/aromatic N) is 3. The Balaban J connectivity index is 2.38. The first-order valence-electron chi connectivity index (χ1n) is 6.11. The summed E-state index contributed by atoms with van der Waals surface area (Å²) in [5.41, 5.74) is -0.408. The molecule has 7 heteroatoms. The highest BCUT2D eigenvalue weighted by Crippen LogP contribution is 2.30. The molecule has 1 fully saturated rings. The summed E-state index contributed by atoms with van der Waals surface area (Å²) in [7, 11) is 0. The third-order valence-corrected chi connectivity index (χ3v) is 3.25. The van der Waals surface area contributed by atoms with E-state index in [1.54, 1.807) is 0 Å². The van der Waals surface area contributed by atoms with E-state index < -0.39 is 10.9 Å². The molecule has 102 valence electrons. The van der Waals surface area contributed by atoms with Gasteiger partial charge in [0.1, 0.15) is 0 Å². The molecule has 1 aliphatic heterocycles. The molecule has 0 saturated carbocycles. The van der Waals surface area contributed by atoms with Crippen molar-refractivity contribution in [3.63, 3.8) is 0 Å². The SMILES string of the molecule is CC1CCCN(c2ncc(C(=O)O)cc2[N+](=O)[O-])C1. The van der Waals surface area contributed by atoms with Crippen LogP contribution in [0.3, 0.4) is 0 Å². The lowest BCUT2D eigenvalue weighted by Gasteiger charge is -2.31. The Hall–Kier alpha value is -2.18. The summed E-state index contributed by atoms with van der Waals surface area (Å²) in [6, 6.07) is 1.07. The van der Waals surface area contributed by atoms with Crippen molar-refractivity contribution in [1.29, 1.82) is 0 Å². The lowest BCUT2D eigenvalue weighted by molar-refractivity contribution is -0.384. The average Bonchev–Trinajstić information content (AvgIpc) is 2.37. The highest BCUT2D eigenvalue weighted by molar-refractivity contribution is 5.88. The van der Waals surface area contributed by atoms with Crippen molar-refractivity contribution in [2.45, 2.75) is 19.8 Å². The molecule has 1 aliphatic rings. The van der Waals surface area contributed by atoms with Crippen LogP contribution in [-0.2, 0) is 0 Å².